The van der Waals surface area contributed by atoms with Crippen LogP contribution in [0.4, 0.5) is 0 Å². The van der Waals surface area contributed by atoms with Crippen LogP contribution in [0.2, 0.25) is 0 Å². The molecule has 0 heterocycles. The van der Waals surface area contributed by atoms with Gasteiger partial charge in [-0.05, 0) is 33.6 Å². The van der Waals surface area contributed by atoms with Crippen LogP contribution in [0.3, 0.4) is 0 Å². The van der Waals surface area contributed by atoms with Crippen LogP contribution in [0.1, 0.15) is 52.9 Å². The lowest BCUT2D eigenvalue weighted by molar-refractivity contribution is 0.00513. The van der Waals surface area contributed by atoms with Crippen molar-refractivity contribution < 1.29 is 5.11 Å². The fourth-order valence-corrected chi connectivity index (χ4v) is 2.23. The van der Waals surface area contributed by atoms with Crippen LogP contribution in [-0.4, -0.2) is 35.9 Å². The Morgan fingerprint density at radius 1 is 1.06 bits per heavy atom. The maximum Gasteiger partial charge on any atom is 0.0771 e. The van der Waals surface area contributed by atoms with Crippen LogP contribution < -0.4 is 10.6 Å². The Labute approximate surface area is 100 Å². The largest absolute Gasteiger partial charge is 0.389 e. The van der Waals surface area contributed by atoms with Gasteiger partial charge in [0.05, 0.1) is 5.60 Å². The number of hydrogen-bond donors (Lipinski definition) is 3. The van der Waals surface area contributed by atoms with E-state index in [1.54, 1.807) is 0 Å². The molecule has 0 atom stereocenters. The van der Waals surface area contributed by atoms with Crippen molar-refractivity contribution in [1.82, 2.24) is 10.6 Å². The van der Waals surface area contributed by atoms with Crippen molar-refractivity contribution in [3.8, 4) is 0 Å². The maximum absolute atomic E-state index is 10.2. The van der Waals surface area contributed by atoms with Crippen LogP contribution in [0.25, 0.3) is 0 Å². The van der Waals surface area contributed by atoms with E-state index in [0.29, 0.717) is 0 Å². The molecule has 1 rings (SSSR count). The van der Waals surface area contributed by atoms with E-state index in [0.717, 1.165) is 32.5 Å². The third kappa shape index (κ3) is 5.83. The molecule has 0 radical (unpaired) electrons. The number of hydrogen-bond acceptors (Lipinski definition) is 3. The molecule has 0 aromatic rings. The highest BCUT2D eigenvalue weighted by Gasteiger charge is 2.28. The average molecular weight is 228 g/mol. The van der Waals surface area contributed by atoms with Gasteiger partial charge in [0.2, 0.25) is 0 Å². The monoisotopic (exact) mass is 228 g/mol. The van der Waals surface area contributed by atoms with Crippen molar-refractivity contribution in [2.24, 2.45) is 0 Å². The Hall–Kier alpha value is -0.120. The molecule has 1 fully saturated rings. The molecule has 1 aliphatic rings. The molecule has 0 aromatic heterocycles. The summed E-state index contributed by atoms with van der Waals surface area (Å²) in [6, 6.07) is 0. The zero-order chi connectivity index (χ0) is 12.1. The highest BCUT2D eigenvalue weighted by atomic mass is 16.3. The highest BCUT2D eigenvalue weighted by Crippen LogP contribution is 2.27. The van der Waals surface area contributed by atoms with Gasteiger partial charge in [0.15, 0.2) is 0 Å². The minimum absolute atomic E-state index is 0.184. The minimum atomic E-state index is -0.431. The first kappa shape index (κ1) is 13.9. The van der Waals surface area contributed by atoms with Gasteiger partial charge in [0.25, 0.3) is 0 Å². The highest BCUT2D eigenvalue weighted by molar-refractivity contribution is 4.84. The molecule has 3 N–H and O–H groups in total. The van der Waals surface area contributed by atoms with E-state index in [-0.39, 0.29) is 5.54 Å². The molecule has 0 amide bonds. The topological polar surface area (TPSA) is 44.3 Å². The van der Waals surface area contributed by atoms with E-state index in [1.807, 2.05) is 0 Å². The number of rotatable bonds is 5. The van der Waals surface area contributed by atoms with Gasteiger partial charge in [-0.25, -0.2) is 0 Å². The second-order valence-corrected chi connectivity index (χ2v) is 6.14. The van der Waals surface area contributed by atoms with E-state index in [1.165, 1.54) is 19.3 Å². The summed E-state index contributed by atoms with van der Waals surface area (Å²) in [6.07, 6.45) is 5.57. The van der Waals surface area contributed by atoms with Gasteiger partial charge in [0, 0.05) is 25.2 Å². The lowest BCUT2D eigenvalue weighted by atomic mass is 9.85. The SMILES string of the molecule is CC(C)(C)NCCNCC1(O)CCCCC1. The van der Waals surface area contributed by atoms with Crippen molar-refractivity contribution in [2.45, 2.75) is 64.0 Å². The fraction of sp³-hybridized carbons (Fsp3) is 1.00. The summed E-state index contributed by atoms with van der Waals surface area (Å²) in [5.41, 5.74) is -0.247. The number of nitrogens with one attached hydrogen (secondary N) is 2. The lowest BCUT2D eigenvalue weighted by Crippen LogP contribution is -2.45. The molecule has 0 bridgehead atoms. The molecule has 0 aromatic carbocycles. The normalized spacial score (nSPS) is 21.0. The lowest BCUT2D eigenvalue weighted by Gasteiger charge is -2.32. The standard InChI is InChI=1S/C13H28N2O/c1-12(2,3)15-10-9-14-11-13(16)7-5-4-6-8-13/h14-16H,4-11H2,1-3H3. The molecular formula is C13H28N2O. The van der Waals surface area contributed by atoms with Crippen LogP contribution in [0.15, 0.2) is 0 Å². The molecule has 0 aliphatic heterocycles. The second kappa shape index (κ2) is 5.99. The molecule has 3 nitrogen and oxygen atoms in total. The van der Waals surface area contributed by atoms with E-state index in [4.69, 9.17) is 0 Å². The van der Waals surface area contributed by atoms with Crippen LogP contribution in [0, 0.1) is 0 Å². The fourth-order valence-electron chi connectivity index (χ4n) is 2.23. The molecular weight excluding hydrogens is 200 g/mol. The quantitative estimate of drug-likeness (QED) is 0.627. The van der Waals surface area contributed by atoms with Gasteiger partial charge >= 0.3 is 0 Å². The third-order valence-electron chi connectivity index (χ3n) is 3.20. The first-order valence-electron chi connectivity index (χ1n) is 6.59. The van der Waals surface area contributed by atoms with Crippen LogP contribution >= 0.6 is 0 Å². The predicted octanol–water partition coefficient (Wildman–Crippen LogP) is 1.66. The first-order chi connectivity index (χ1) is 7.41. The van der Waals surface area contributed by atoms with Crippen molar-refractivity contribution in [3.05, 3.63) is 0 Å². The van der Waals surface area contributed by atoms with Gasteiger partial charge in [-0.15, -0.1) is 0 Å². The molecule has 0 saturated heterocycles. The first-order valence-corrected chi connectivity index (χ1v) is 6.59. The van der Waals surface area contributed by atoms with E-state index in [9.17, 15) is 5.11 Å². The Bertz CT molecular complexity index is 193. The summed E-state index contributed by atoms with van der Waals surface area (Å²) in [4.78, 5) is 0. The van der Waals surface area contributed by atoms with Gasteiger partial charge in [-0.3, -0.25) is 0 Å². The van der Waals surface area contributed by atoms with Gasteiger partial charge in [0.1, 0.15) is 0 Å². The molecule has 16 heavy (non-hydrogen) atoms. The van der Waals surface area contributed by atoms with Gasteiger partial charge < -0.3 is 15.7 Å². The van der Waals surface area contributed by atoms with E-state index >= 15 is 0 Å². The summed E-state index contributed by atoms with van der Waals surface area (Å²) in [5, 5.41) is 17.0. The van der Waals surface area contributed by atoms with Gasteiger partial charge in [-0.1, -0.05) is 19.3 Å². The summed E-state index contributed by atoms with van der Waals surface area (Å²) < 4.78 is 0. The smallest absolute Gasteiger partial charge is 0.0771 e. The summed E-state index contributed by atoms with van der Waals surface area (Å²) in [6.45, 7) is 9.14. The molecule has 0 spiro atoms. The molecule has 1 aliphatic carbocycles. The van der Waals surface area contributed by atoms with Crippen LogP contribution in [-0.2, 0) is 0 Å². The minimum Gasteiger partial charge on any atom is -0.389 e. The maximum atomic E-state index is 10.2. The Balaban J connectivity index is 2.06. The zero-order valence-corrected chi connectivity index (χ0v) is 11.1. The Kier molecular flexibility index (Phi) is 5.22. The van der Waals surface area contributed by atoms with Crippen molar-refractivity contribution in [2.75, 3.05) is 19.6 Å². The summed E-state index contributed by atoms with van der Waals surface area (Å²) in [7, 11) is 0. The zero-order valence-electron chi connectivity index (χ0n) is 11.1. The predicted molar refractivity (Wildman–Crippen MR) is 68.7 cm³/mol. The summed E-state index contributed by atoms with van der Waals surface area (Å²) >= 11 is 0. The molecule has 0 unspecified atom stereocenters. The van der Waals surface area contributed by atoms with E-state index in [2.05, 4.69) is 31.4 Å². The Morgan fingerprint density at radius 2 is 1.69 bits per heavy atom. The molecule has 1 saturated carbocycles. The van der Waals surface area contributed by atoms with Crippen LogP contribution in [0.5, 0.6) is 0 Å². The van der Waals surface area contributed by atoms with Crippen molar-refractivity contribution in [1.29, 1.82) is 0 Å². The van der Waals surface area contributed by atoms with Crippen molar-refractivity contribution in [3.63, 3.8) is 0 Å². The summed E-state index contributed by atoms with van der Waals surface area (Å²) in [5.74, 6) is 0. The average Bonchev–Trinajstić information content (AvgIpc) is 2.16. The third-order valence-corrected chi connectivity index (χ3v) is 3.20. The second-order valence-electron chi connectivity index (χ2n) is 6.14. The Morgan fingerprint density at radius 3 is 2.25 bits per heavy atom. The molecule has 96 valence electrons. The molecule has 3 heteroatoms. The van der Waals surface area contributed by atoms with E-state index < -0.39 is 5.60 Å². The van der Waals surface area contributed by atoms with Gasteiger partial charge in [-0.2, -0.15) is 0 Å². The number of aliphatic hydroxyl groups is 1. The van der Waals surface area contributed by atoms with Crippen molar-refractivity contribution >= 4 is 0 Å².